The highest BCUT2D eigenvalue weighted by Crippen LogP contribution is 2.31. The van der Waals surface area contributed by atoms with Gasteiger partial charge in [0.05, 0.1) is 19.1 Å². The van der Waals surface area contributed by atoms with Crippen molar-refractivity contribution in [3.8, 4) is 0 Å². The first-order valence-electron chi connectivity index (χ1n) is 6.56. The Kier molecular flexibility index (Phi) is 5.57. The van der Waals surface area contributed by atoms with Crippen molar-refractivity contribution in [2.24, 2.45) is 5.92 Å². The molecule has 1 aliphatic rings. The number of alkyl halides is 3. The second kappa shape index (κ2) is 6.61. The van der Waals surface area contributed by atoms with Crippen LogP contribution < -0.4 is 10.6 Å². The van der Waals surface area contributed by atoms with Gasteiger partial charge in [-0.3, -0.25) is 4.79 Å². The van der Waals surface area contributed by atoms with Gasteiger partial charge < -0.3 is 20.5 Å². The molecular weight excluding hydrogens is 293 g/mol. The van der Waals surface area contributed by atoms with Crippen molar-refractivity contribution in [2.45, 2.75) is 38.0 Å². The van der Waals surface area contributed by atoms with Crippen molar-refractivity contribution < 1.29 is 32.6 Å². The number of halogens is 3. The van der Waals surface area contributed by atoms with Crippen LogP contribution in [-0.4, -0.2) is 54.5 Å². The van der Waals surface area contributed by atoms with E-state index in [1.54, 1.807) is 5.32 Å². The number of hydrogen-bond donors (Lipinski definition) is 3. The molecule has 9 heteroatoms. The molecule has 0 aliphatic carbocycles. The molecular formula is C12H19F3N2O4. The highest BCUT2D eigenvalue weighted by Gasteiger charge is 2.59. The van der Waals surface area contributed by atoms with E-state index < -0.39 is 35.6 Å². The standard InChI is InChI=1S/C12H19F3N2O4/c1-3-4-16-8-6-21-5-7(8)9(18)17-11(2,10(19)20)12(13,14)15/h7-8,16H,3-6H2,1-2H3,(H,17,18)(H,19,20). The lowest BCUT2D eigenvalue weighted by molar-refractivity contribution is -0.207. The number of aliphatic carboxylic acids is 1. The zero-order valence-electron chi connectivity index (χ0n) is 11.8. The Balaban J connectivity index is 2.80. The molecule has 3 atom stereocenters. The van der Waals surface area contributed by atoms with Crippen LogP contribution >= 0.6 is 0 Å². The molecule has 0 aromatic carbocycles. The summed E-state index contributed by atoms with van der Waals surface area (Å²) in [5.74, 6) is -3.98. The lowest BCUT2D eigenvalue weighted by Crippen LogP contribution is -2.63. The van der Waals surface area contributed by atoms with E-state index in [-0.39, 0.29) is 13.2 Å². The van der Waals surface area contributed by atoms with Gasteiger partial charge in [-0.25, -0.2) is 4.79 Å². The SMILES string of the molecule is CCCNC1COCC1C(=O)NC(C)(C(=O)O)C(F)(F)F. The fourth-order valence-corrected chi connectivity index (χ4v) is 1.93. The van der Waals surface area contributed by atoms with Crippen LogP contribution in [0.4, 0.5) is 13.2 Å². The van der Waals surface area contributed by atoms with Gasteiger partial charge in [-0.15, -0.1) is 0 Å². The summed E-state index contributed by atoms with van der Waals surface area (Å²) >= 11 is 0. The minimum Gasteiger partial charge on any atom is -0.479 e. The average Bonchev–Trinajstić information content (AvgIpc) is 2.82. The normalized spacial score (nSPS) is 25.4. The Morgan fingerprint density at radius 2 is 1.95 bits per heavy atom. The van der Waals surface area contributed by atoms with Crippen LogP contribution in [0, 0.1) is 5.92 Å². The summed E-state index contributed by atoms with van der Waals surface area (Å²) in [4.78, 5) is 22.9. The van der Waals surface area contributed by atoms with Crippen LogP contribution in [0.5, 0.6) is 0 Å². The summed E-state index contributed by atoms with van der Waals surface area (Å²) in [6, 6.07) is -0.420. The van der Waals surface area contributed by atoms with Gasteiger partial charge in [0.25, 0.3) is 0 Å². The molecule has 1 aliphatic heterocycles. The van der Waals surface area contributed by atoms with Gasteiger partial charge in [-0.05, 0) is 19.9 Å². The smallest absolute Gasteiger partial charge is 0.422 e. The van der Waals surface area contributed by atoms with Gasteiger partial charge in [-0.2, -0.15) is 13.2 Å². The summed E-state index contributed by atoms with van der Waals surface area (Å²) in [6.07, 6.45) is -4.31. The molecule has 3 N–H and O–H groups in total. The van der Waals surface area contributed by atoms with E-state index in [9.17, 15) is 22.8 Å². The lowest BCUT2D eigenvalue weighted by atomic mass is 9.97. The molecule has 0 bridgehead atoms. The summed E-state index contributed by atoms with van der Waals surface area (Å²) in [6.45, 7) is 3.09. The van der Waals surface area contributed by atoms with Crippen molar-refractivity contribution in [3.05, 3.63) is 0 Å². The molecule has 1 heterocycles. The molecule has 1 rings (SSSR count). The zero-order valence-corrected chi connectivity index (χ0v) is 11.8. The van der Waals surface area contributed by atoms with Crippen LogP contribution in [-0.2, 0) is 14.3 Å². The highest BCUT2D eigenvalue weighted by molar-refractivity contribution is 5.89. The summed E-state index contributed by atoms with van der Waals surface area (Å²) in [5, 5.41) is 13.4. The monoisotopic (exact) mass is 312 g/mol. The van der Waals surface area contributed by atoms with Gasteiger partial charge in [0.15, 0.2) is 0 Å². The molecule has 21 heavy (non-hydrogen) atoms. The van der Waals surface area contributed by atoms with Crippen molar-refractivity contribution in [3.63, 3.8) is 0 Å². The van der Waals surface area contributed by atoms with E-state index in [0.29, 0.717) is 13.5 Å². The van der Waals surface area contributed by atoms with E-state index in [4.69, 9.17) is 9.84 Å². The molecule has 0 aromatic rings. The number of amides is 1. The number of carbonyl (C=O) groups excluding carboxylic acids is 1. The van der Waals surface area contributed by atoms with E-state index in [2.05, 4.69) is 5.32 Å². The van der Waals surface area contributed by atoms with Crippen molar-refractivity contribution in [1.82, 2.24) is 10.6 Å². The predicted molar refractivity (Wildman–Crippen MR) is 66.6 cm³/mol. The molecule has 122 valence electrons. The van der Waals surface area contributed by atoms with E-state index in [1.165, 1.54) is 0 Å². The Hall–Kier alpha value is -1.35. The van der Waals surface area contributed by atoms with Crippen molar-refractivity contribution in [1.29, 1.82) is 0 Å². The number of carboxylic acids is 1. The first-order valence-corrected chi connectivity index (χ1v) is 6.56. The van der Waals surface area contributed by atoms with Crippen LogP contribution in [0.2, 0.25) is 0 Å². The van der Waals surface area contributed by atoms with E-state index in [0.717, 1.165) is 6.42 Å². The third-order valence-electron chi connectivity index (χ3n) is 3.44. The quantitative estimate of drug-likeness (QED) is 0.666. The zero-order chi connectivity index (χ0) is 16.3. The second-order valence-electron chi connectivity index (χ2n) is 5.12. The molecule has 1 amide bonds. The van der Waals surface area contributed by atoms with Gasteiger partial charge in [0, 0.05) is 6.04 Å². The number of rotatable bonds is 6. The third-order valence-corrected chi connectivity index (χ3v) is 3.44. The second-order valence-corrected chi connectivity index (χ2v) is 5.12. The van der Waals surface area contributed by atoms with Gasteiger partial charge in [0.2, 0.25) is 11.4 Å². The van der Waals surface area contributed by atoms with Crippen LogP contribution in [0.3, 0.4) is 0 Å². The number of ether oxygens (including phenoxy) is 1. The largest absolute Gasteiger partial charge is 0.479 e. The maximum atomic E-state index is 12.9. The average molecular weight is 312 g/mol. The maximum Gasteiger partial charge on any atom is 0.422 e. The molecule has 0 saturated carbocycles. The van der Waals surface area contributed by atoms with Crippen molar-refractivity contribution in [2.75, 3.05) is 19.8 Å². The Morgan fingerprint density at radius 3 is 2.43 bits per heavy atom. The molecule has 0 aromatic heterocycles. The third kappa shape index (κ3) is 3.85. The fourth-order valence-electron chi connectivity index (χ4n) is 1.93. The number of hydrogen-bond acceptors (Lipinski definition) is 4. The Morgan fingerprint density at radius 1 is 1.33 bits per heavy atom. The molecule has 0 radical (unpaired) electrons. The Bertz CT molecular complexity index is 402. The lowest BCUT2D eigenvalue weighted by Gasteiger charge is -2.30. The molecule has 6 nitrogen and oxygen atoms in total. The highest BCUT2D eigenvalue weighted by atomic mass is 19.4. The molecule has 1 saturated heterocycles. The van der Waals surface area contributed by atoms with Gasteiger partial charge >= 0.3 is 12.1 Å². The van der Waals surface area contributed by atoms with E-state index in [1.807, 2.05) is 6.92 Å². The Labute approximate surface area is 120 Å². The van der Waals surface area contributed by atoms with E-state index >= 15 is 0 Å². The van der Waals surface area contributed by atoms with Gasteiger partial charge in [-0.1, -0.05) is 6.92 Å². The molecule has 0 spiro atoms. The molecule has 3 unspecified atom stereocenters. The van der Waals surface area contributed by atoms with Crippen molar-refractivity contribution >= 4 is 11.9 Å². The predicted octanol–water partition coefficient (Wildman–Crippen LogP) is 0.523. The summed E-state index contributed by atoms with van der Waals surface area (Å²) in [7, 11) is 0. The first kappa shape index (κ1) is 17.7. The van der Waals surface area contributed by atoms with Crippen LogP contribution in [0.15, 0.2) is 0 Å². The minimum absolute atomic E-state index is 0.0409. The van der Waals surface area contributed by atoms with Crippen LogP contribution in [0.25, 0.3) is 0 Å². The van der Waals surface area contributed by atoms with Crippen LogP contribution in [0.1, 0.15) is 20.3 Å². The number of carboxylic acid groups (broad SMARTS) is 1. The number of carbonyl (C=O) groups is 2. The number of nitrogens with one attached hydrogen (secondary N) is 2. The first-order chi connectivity index (χ1) is 9.63. The molecule has 1 fully saturated rings. The summed E-state index contributed by atoms with van der Waals surface area (Å²) in [5.41, 5.74) is -3.32. The fraction of sp³-hybridized carbons (Fsp3) is 0.833. The maximum absolute atomic E-state index is 12.9. The minimum atomic E-state index is -5.10. The summed E-state index contributed by atoms with van der Waals surface area (Å²) < 4.78 is 43.7. The van der Waals surface area contributed by atoms with Gasteiger partial charge in [0.1, 0.15) is 0 Å². The topological polar surface area (TPSA) is 87.7 Å².